The Morgan fingerprint density at radius 2 is 1.33 bits per heavy atom. The van der Waals surface area contributed by atoms with Gasteiger partial charge in [0.25, 0.3) is 11.8 Å². The molecule has 0 atom stereocenters. The predicted octanol–water partition coefficient (Wildman–Crippen LogP) is 5.00. The van der Waals surface area contributed by atoms with Crippen LogP contribution in [-0.4, -0.2) is 11.8 Å². The average Bonchev–Trinajstić information content (AvgIpc) is 3.20. The predicted molar refractivity (Wildman–Crippen MR) is 108 cm³/mol. The third kappa shape index (κ3) is 2.68. The highest BCUT2D eigenvalue weighted by Gasteiger charge is 2.31. The molecule has 3 aromatic rings. The summed E-state index contributed by atoms with van der Waals surface area (Å²) < 4.78 is 0. The summed E-state index contributed by atoms with van der Waals surface area (Å²) in [6.45, 7) is 5.25. The van der Waals surface area contributed by atoms with Gasteiger partial charge in [-0.2, -0.15) is 0 Å². The van der Waals surface area contributed by atoms with Crippen LogP contribution in [0.15, 0.2) is 73.3 Å². The molecule has 2 aliphatic rings. The smallest absolute Gasteiger partial charge is 0.259 e. The van der Waals surface area contributed by atoms with Crippen molar-refractivity contribution in [3.63, 3.8) is 0 Å². The molecule has 0 fully saturated rings. The summed E-state index contributed by atoms with van der Waals surface area (Å²) in [5.41, 5.74) is 7.81. The van der Waals surface area contributed by atoms with Crippen LogP contribution in [0.25, 0.3) is 22.3 Å². The lowest BCUT2D eigenvalue weighted by atomic mass is 9.91. The maximum absolute atomic E-state index is 12.3. The average molecular weight is 353 g/mol. The summed E-state index contributed by atoms with van der Waals surface area (Å²) >= 11 is 0. The SMILES string of the molecule is C=CC.O=C1NC(=O)c2c1cccc2-c1cccc2c1Cc1ccccc1-2. The van der Waals surface area contributed by atoms with Gasteiger partial charge < -0.3 is 0 Å². The Hall–Kier alpha value is -3.46. The molecule has 1 aliphatic carbocycles. The van der Waals surface area contributed by atoms with Gasteiger partial charge in [-0.05, 0) is 52.8 Å². The second kappa shape index (κ2) is 6.69. The maximum atomic E-state index is 12.3. The number of hydrogen-bond donors (Lipinski definition) is 1. The van der Waals surface area contributed by atoms with E-state index in [1.807, 2.05) is 37.3 Å². The van der Waals surface area contributed by atoms with Gasteiger partial charge in [0, 0.05) is 0 Å². The van der Waals surface area contributed by atoms with Gasteiger partial charge in [-0.25, -0.2) is 0 Å². The van der Waals surface area contributed by atoms with E-state index in [9.17, 15) is 9.59 Å². The second-order valence-electron chi connectivity index (χ2n) is 6.59. The minimum absolute atomic E-state index is 0.307. The van der Waals surface area contributed by atoms with Gasteiger partial charge in [-0.15, -0.1) is 6.58 Å². The summed E-state index contributed by atoms with van der Waals surface area (Å²) in [6.07, 6.45) is 2.60. The van der Waals surface area contributed by atoms with Crippen molar-refractivity contribution < 1.29 is 9.59 Å². The van der Waals surface area contributed by atoms with Crippen LogP contribution in [0, 0.1) is 0 Å². The fourth-order valence-electron chi connectivity index (χ4n) is 3.85. The lowest BCUT2D eigenvalue weighted by molar-refractivity contribution is 0.0880. The molecule has 0 unspecified atom stereocenters. The lowest BCUT2D eigenvalue weighted by Crippen LogP contribution is -2.20. The highest BCUT2D eigenvalue weighted by atomic mass is 16.2. The maximum Gasteiger partial charge on any atom is 0.259 e. The molecule has 0 saturated heterocycles. The quantitative estimate of drug-likeness (QED) is 0.387. The third-order valence-corrected chi connectivity index (χ3v) is 4.90. The number of carbonyl (C=O) groups is 2. The number of allylic oxidation sites excluding steroid dienone is 1. The highest BCUT2D eigenvalue weighted by molar-refractivity contribution is 6.24. The molecule has 0 aromatic heterocycles. The minimum Gasteiger partial charge on any atom is -0.288 e. The van der Waals surface area contributed by atoms with Crippen LogP contribution in [0.2, 0.25) is 0 Å². The largest absolute Gasteiger partial charge is 0.288 e. The number of benzene rings is 3. The molecule has 2 amide bonds. The molecule has 1 N–H and O–H groups in total. The van der Waals surface area contributed by atoms with E-state index in [4.69, 9.17) is 0 Å². The van der Waals surface area contributed by atoms with Crippen LogP contribution >= 0.6 is 0 Å². The van der Waals surface area contributed by atoms with Gasteiger partial charge in [-0.3, -0.25) is 14.9 Å². The molecular formula is C24H19NO2. The monoisotopic (exact) mass is 353 g/mol. The van der Waals surface area contributed by atoms with E-state index in [-0.39, 0.29) is 11.8 Å². The lowest BCUT2D eigenvalue weighted by Gasteiger charge is -2.11. The van der Waals surface area contributed by atoms with Crippen LogP contribution < -0.4 is 5.32 Å². The first-order valence-corrected chi connectivity index (χ1v) is 8.92. The number of imide groups is 1. The second-order valence-corrected chi connectivity index (χ2v) is 6.59. The summed E-state index contributed by atoms with van der Waals surface area (Å²) in [7, 11) is 0. The van der Waals surface area contributed by atoms with E-state index in [1.165, 1.54) is 22.3 Å². The number of fused-ring (bicyclic) bond motifs is 4. The third-order valence-electron chi connectivity index (χ3n) is 4.90. The first-order valence-electron chi connectivity index (χ1n) is 8.92. The molecule has 3 nitrogen and oxygen atoms in total. The van der Waals surface area contributed by atoms with Gasteiger partial charge in [0.1, 0.15) is 0 Å². The van der Waals surface area contributed by atoms with E-state index in [0.717, 1.165) is 17.5 Å². The summed E-state index contributed by atoms with van der Waals surface area (Å²) in [5, 5.41) is 2.40. The van der Waals surface area contributed by atoms with E-state index in [1.54, 1.807) is 12.1 Å². The number of hydrogen-bond acceptors (Lipinski definition) is 2. The first kappa shape index (κ1) is 17.0. The Morgan fingerprint density at radius 1 is 0.778 bits per heavy atom. The first-order chi connectivity index (χ1) is 13.2. The van der Waals surface area contributed by atoms with Crippen molar-refractivity contribution in [2.24, 2.45) is 0 Å². The van der Waals surface area contributed by atoms with Gasteiger partial charge in [0.05, 0.1) is 11.1 Å². The number of amides is 2. The van der Waals surface area contributed by atoms with E-state index < -0.39 is 0 Å². The Bertz CT molecular complexity index is 1100. The van der Waals surface area contributed by atoms with Crippen molar-refractivity contribution in [3.8, 4) is 22.3 Å². The molecular weight excluding hydrogens is 334 g/mol. The summed E-state index contributed by atoms with van der Waals surface area (Å²) in [6, 6.07) is 20.0. The fraction of sp³-hybridized carbons (Fsp3) is 0.0833. The highest BCUT2D eigenvalue weighted by Crippen LogP contribution is 2.42. The normalized spacial score (nSPS) is 13.1. The van der Waals surface area contributed by atoms with Crippen molar-refractivity contribution in [3.05, 3.63) is 95.6 Å². The molecule has 0 spiro atoms. The van der Waals surface area contributed by atoms with Crippen molar-refractivity contribution in [1.29, 1.82) is 0 Å². The molecule has 3 heteroatoms. The molecule has 1 heterocycles. The molecule has 27 heavy (non-hydrogen) atoms. The van der Waals surface area contributed by atoms with Crippen LogP contribution in [0.1, 0.15) is 38.8 Å². The molecule has 1 aliphatic heterocycles. The molecule has 132 valence electrons. The van der Waals surface area contributed by atoms with Crippen molar-refractivity contribution in [2.45, 2.75) is 13.3 Å². The standard InChI is InChI=1S/C21H13NO2.C3H6/c23-20-17-10-4-9-16(19(17)21(24)22-20)15-8-3-7-14-13-6-2-1-5-12(13)11-18(14)15;1-3-2/h1-10H,11H2,(H,22,23,24);3H,1H2,2H3. The topological polar surface area (TPSA) is 46.2 Å². The van der Waals surface area contributed by atoms with Crippen molar-refractivity contribution >= 4 is 11.8 Å². The zero-order valence-electron chi connectivity index (χ0n) is 15.1. The van der Waals surface area contributed by atoms with Crippen LogP contribution in [0.3, 0.4) is 0 Å². The Balaban J connectivity index is 0.000000565. The Kier molecular flexibility index (Phi) is 4.21. The van der Waals surface area contributed by atoms with Gasteiger partial charge in [-0.1, -0.05) is 60.7 Å². The zero-order chi connectivity index (χ0) is 19.0. The van der Waals surface area contributed by atoms with Crippen LogP contribution in [0.5, 0.6) is 0 Å². The summed E-state index contributed by atoms with van der Waals surface area (Å²) in [5.74, 6) is -0.619. The van der Waals surface area contributed by atoms with E-state index in [0.29, 0.717) is 11.1 Å². The molecule has 5 rings (SSSR count). The minimum atomic E-state index is -0.312. The number of rotatable bonds is 1. The van der Waals surface area contributed by atoms with Crippen LogP contribution in [-0.2, 0) is 6.42 Å². The van der Waals surface area contributed by atoms with Gasteiger partial charge in [0.2, 0.25) is 0 Å². The fourth-order valence-corrected chi connectivity index (χ4v) is 3.85. The molecule has 0 bridgehead atoms. The van der Waals surface area contributed by atoms with E-state index in [2.05, 4.69) is 36.2 Å². The van der Waals surface area contributed by atoms with E-state index >= 15 is 0 Å². The van der Waals surface area contributed by atoms with Crippen molar-refractivity contribution in [2.75, 3.05) is 0 Å². The van der Waals surface area contributed by atoms with Crippen LogP contribution in [0.4, 0.5) is 0 Å². The zero-order valence-corrected chi connectivity index (χ0v) is 15.1. The van der Waals surface area contributed by atoms with Crippen molar-refractivity contribution in [1.82, 2.24) is 5.32 Å². The Morgan fingerprint density at radius 3 is 2.07 bits per heavy atom. The number of carbonyl (C=O) groups excluding carboxylic acids is 2. The molecule has 0 radical (unpaired) electrons. The number of nitrogens with one attached hydrogen (secondary N) is 1. The molecule has 3 aromatic carbocycles. The Labute approximate surface area is 158 Å². The molecule has 0 saturated carbocycles. The van der Waals surface area contributed by atoms with Gasteiger partial charge >= 0.3 is 0 Å². The summed E-state index contributed by atoms with van der Waals surface area (Å²) in [4.78, 5) is 24.2. The van der Waals surface area contributed by atoms with Gasteiger partial charge in [0.15, 0.2) is 0 Å².